The van der Waals surface area contributed by atoms with Crippen LogP contribution in [0.25, 0.3) is 0 Å². The highest BCUT2D eigenvalue weighted by Crippen LogP contribution is 2.30. The Kier molecular flexibility index (Phi) is 3.98. The number of pyridine rings is 1. The first-order valence-corrected chi connectivity index (χ1v) is 6.63. The molecule has 0 saturated heterocycles. The Bertz CT molecular complexity index is 581. The summed E-state index contributed by atoms with van der Waals surface area (Å²) in [6, 6.07) is 8.70. The smallest absolute Gasteiger partial charge is 0.255 e. The van der Waals surface area contributed by atoms with Crippen LogP contribution in [-0.4, -0.2) is 10.9 Å². The van der Waals surface area contributed by atoms with Gasteiger partial charge in [0.2, 0.25) is 0 Å². The molecule has 0 fully saturated rings. The van der Waals surface area contributed by atoms with Crippen LogP contribution in [0.1, 0.15) is 10.4 Å². The van der Waals surface area contributed by atoms with E-state index < -0.39 is 0 Å². The van der Waals surface area contributed by atoms with Crippen molar-refractivity contribution in [2.45, 2.75) is 0 Å². The van der Waals surface area contributed by atoms with Gasteiger partial charge in [0.1, 0.15) is 5.82 Å². The van der Waals surface area contributed by atoms with Crippen molar-refractivity contribution in [3.63, 3.8) is 0 Å². The zero-order valence-electron chi connectivity index (χ0n) is 9.15. The standard InChI is InChI=1S/C12H9Br2N3O/c13-8-2-1-3-9(14)11(8)17-12(18)7-4-5-16-10(15)6-7/h1-6H,(H2,15,16)(H,17,18). The second-order valence-corrected chi connectivity index (χ2v) is 5.23. The lowest BCUT2D eigenvalue weighted by Gasteiger charge is -2.09. The molecule has 4 nitrogen and oxygen atoms in total. The fourth-order valence-corrected chi connectivity index (χ4v) is 2.59. The van der Waals surface area contributed by atoms with Crippen LogP contribution in [0.4, 0.5) is 11.5 Å². The molecule has 0 saturated carbocycles. The molecule has 1 aromatic heterocycles. The van der Waals surface area contributed by atoms with E-state index in [9.17, 15) is 4.79 Å². The molecule has 2 rings (SSSR count). The van der Waals surface area contributed by atoms with Crippen LogP contribution in [-0.2, 0) is 0 Å². The van der Waals surface area contributed by atoms with Crippen molar-refractivity contribution in [3.05, 3.63) is 51.0 Å². The van der Waals surface area contributed by atoms with E-state index in [-0.39, 0.29) is 5.91 Å². The van der Waals surface area contributed by atoms with Gasteiger partial charge in [-0.25, -0.2) is 4.98 Å². The van der Waals surface area contributed by atoms with Gasteiger partial charge in [0.25, 0.3) is 5.91 Å². The van der Waals surface area contributed by atoms with Crippen LogP contribution >= 0.6 is 31.9 Å². The fraction of sp³-hybridized carbons (Fsp3) is 0. The normalized spacial score (nSPS) is 10.1. The molecule has 0 aliphatic rings. The summed E-state index contributed by atoms with van der Waals surface area (Å²) >= 11 is 6.76. The minimum absolute atomic E-state index is 0.239. The third-order valence-corrected chi connectivity index (χ3v) is 3.57. The quantitative estimate of drug-likeness (QED) is 0.850. The number of hydrogen-bond donors (Lipinski definition) is 2. The maximum Gasteiger partial charge on any atom is 0.255 e. The van der Waals surface area contributed by atoms with Gasteiger partial charge in [0.05, 0.1) is 5.69 Å². The molecule has 0 radical (unpaired) electrons. The Balaban J connectivity index is 2.27. The molecule has 0 aliphatic carbocycles. The predicted molar refractivity (Wildman–Crippen MR) is 78.4 cm³/mol. The number of rotatable bonds is 2. The SMILES string of the molecule is Nc1cc(C(=O)Nc2c(Br)cccc2Br)ccn1. The number of carbonyl (C=O) groups excluding carboxylic acids is 1. The monoisotopic (exact) mass is 369 g/mol. The number of amides is 1. The molecule has 0 spiro atoms. The molecule has 6 heteroatoms. The summed E-state index contributed by atoms with van der Waals surface area (Å²) in [6.45, 7) is 0. The topological polar surface area (TPSA) is 68.0 Å². The van der Waals surface area contributed by atoms with Crippen molar-refractivity contribution >= 4 is 49.3 Å². The number of anilines is 2. The lowest BCUT2D eigenvalue weighted by molar-refractivity contribution is 0.102. The summed E-state index contributed by atoms with van der Waals surface area (Å²) in [5.74, 6) is 0.0746. The molecule has 1 heterocycles. The Labute approximate surface area is 121 Å². The number of nitrogen functional groups attached to an aromatic ring is 1. The molecule has 1 aromatic carbocycles. The van der Waals surface area contributed by atoms with Crippen LogP contribution in [0.2, 0.25) is 0 Å². The average molecular weight is 371 g/mol. The third kappa shape index (κ3) is 2.88. The number of hydrogen-bond acceptors (Lipinski definition) is 3. The molecular formula is C12H9Br2N3O. The van der Waals surface area contributed by atoms with Crippen molar-refractivity contribution < 1.29 is 4.79 Å². The van der Waals surface area contributed by atoms with E-state index in [1.54, 1.807) is 6.07 Å². The minimum atomic E-state index is -0.239. The molecule has 0 unspecified atom stereocenters. The highest BCUT2D eigenvalue weighted by Gasteiger charge is 2.11. The van der Waals surface area contributed by atoms with Crippen molar-refractivity contribution in [2.24, 2.45) is 0 Å². The number of nitrogens with one attached hydrogen (secondary N) is 1. The van der Waals surface area contributed by atoms with E-state index >= 15 is 0 Å². The van der Waals surface area contributed by atoms with Crippen molar-refractivity contribution in [1.82, 2.24) is 4.98 Å². The van der Waals surface area contributed by atoms with Crippen LogP contribution in [0.5, 0.6) is 0 Å². The number of carbonyl (C=O) groups is 1. The summed E-state index contributed by atoms with van der Waals surface area (Å²) in [7, 11) is 0. The van der Waals surface area contributed by atoms with Crippen LogP contribution in [0, 0.1) is 0 Å². The first kappa shape index (κ1) is 13.0. The van der Waals surface area contributed by atoms with E-state index in [2.05, 4.69) is 42.2 Å². The molecule has 0 aliphatic heterocycles. The molecule has 0 bridgehead atoms. The Morgan fingerprint density at radius 3 is 2.50 bits per heavy atom. The van der Waals surface area contributed by atoms with E-state index in [0.717, 1.165) is 8.95 Å². The van der Waals surface area contributed by atoms with Crippen LogP contribution in [0.3, 0.4) is 0 Å². The van der Waals surface area contributed by atoms with Crippen LogP contribution in [0.15, 0.2) is 45.5 Å². The van der Waals surface area contributed by atoms with Gasteiger partial charge in [-0.2, -0.15) is 0 Å². The van der Waals surface area contributed by atoms with Gasteiger partial charge in [-0.05, 0) is 56.1 Å². The highest BCUT2D eigenvalue weighted by atomic mass is 79.9. The fourth-order valence-electron chi connectivity index (χ4n) is 1.39. The number of nitrogens with zero attached hydrogens (tertiary/aromatic N) is 1. The molecule has 92 valence electrons. The second-order valence-electron chi connectivity index (χ2n) is 3.52. The Morgan fingerprint density at radius 1 is 1.22 bits per heavy atom. The molecule has 2 aromatic rings. The zero-order chi connectivity index (χ0) is 13.1. The van der Waals surface area contributed by atoms with Crippen molar-refractivity contribution in [3.8, 4) is 0 Å². The van der Waals surface area contributed by atoms with Gasteiger partial charge >= 0.3 is 0 Å². The molecule has 1 amide bonds. The van der Waals surface area contributed by atoms with Crippen molar-refractivity contribution in [2.75, 3.05) is 11.1 Å². The van der Waals surface area contributed by atoms with Gasteiger partial charge < -0.3 is 11.1 Å². The van der Waals surface area contributed by atoms with E-state index in [1.807, 2.05) is 18.2 Å². The molecular weight excluding hydrogens is 362 g/mol. The lowest BCUT2D eigenvalue weighted by atomic mass is 10.2. The van der Waals surface area contributed by atoms with Gasteiger partial charge in [-0.1, -0.05) is 6.07 Å². The average Bonchev–Trinajstić information content (AvgIpc) is 2.34. The first-order valence-electron chi connectivity index (χ1n) is 5.05. The van der Waals surface area contributed by atoms with Crippen molar-refractivity contribution in [1.29, 1.82) is 0 Å². The van der Waals surface area contributed by atoms with E-state index in [0.29, 0.717) is 17.1 Å². The summed E-state index contributed by atoms with van der Waals surface area (Å²) in [5, 5.41) is 2.81. The molecule has 0 atom stereocenters. The lowest BCUT2D eigenvalue weighted by Crippen LogP contribution is -2.13. The number of benzene rings is 1. The second kappa shape index (κ2) is 5.49. The van der Waals surface area contributed by atoms with Crippen LogP contribution < -0.4 is 11.1 Å². The number of para-hydroxylation sites is 1. The summed E-state index contributed by atoms with van der Waals surface area (Å²) in [5.41, 5.74) is 6.68. The van der Waals surface area contributed by atoms with Gasteiger partial charge in [0.15, 0.2) is 0 Å². The summed E-state index contributed by atoms with van der Waals surface area (Å²) in [6.07, 6.45) is 1.50. The predicted octanol–water partition coefficient (Wildman–Crippen LogP) is 3.44. The van der Waals surface area contributed by atoms with E-state index in [4.69, 9.17) is 5.73 Å². The molecule has 3 N–H and O–H groups in total. The maximum atomic E-state index is 12.0. The Hall–Kier alpha value is -1.40. The minimum Gasteiger partial charge on any atom is -0.384 e. The highest BCUT2D eigenvalue weighted by molar-refractivity contribution is 9.11. The molecule has 18 heavy (non-hydrogen) atoms. The third-order valence-electron chi connectivity index (χ3n) is 2.24. The van der Waals surface area contributed by atoms with Gasteiger partial charge in [0, 0.05) is 20.7 Å². The largest absolute Gasteiger partial charge is 0.384 e. The maximum absolute atomic E-state index is 12.0. The number of aromatic nitrogens is 1. The van der Waals surface area contributed by atoms with E-state index in [1.165, 1.54) is 12.3 Å². The zero-order valence-corrected chi connectivity index (χ0v) is 12.3. The number of nitrogens with two attached hydrogens (primary N) is 1. The first-order chi connectivity index (χ1) is 8.58. The Morgan fingerprint density at radius 2 is 1.89 bits per heavy atom. The summed E-state index contributed by atoms with van der Waals surface area (Å²) < 4.78 is 1.60. The summed E-state index contributed by atoms with van der Waals surface area (Å²) in [4.78, 5) is 15.9. The number of halogens is 2. The van der Waals surface area contributed by atoms with Gasteiger partial charge in [-0.15, -0.1) is 0 Å². The van der Waals surface area contributed by atoms with Gasteiger partial charge in [-0.3, -0.25) is 4.79 Å².